The van der Waals surface area contributed by atoms with E-state index in [0.29, 0.717) is 17.2 Å². The second-order valence-corrected chi connectivity index (χ2v) is 5.54. The zero-order valence-corrected chi connectivity index (χ0v) is 14.7. The van der Waals surface area contributed by atoms with Crippen molar-refractivity contribution in [2.75, 3.05) is 25.8 Å². The molecular formula is C18H16F2N2O6. The van der Waals surface area contributed by atoms with Crippen LogP contribution in [0.1, 0.15) is 10.4 Å². The number of methoxy groups -OCH3 is 1. The van der Waals surface area contributed by atoms with Gasteiger partial charge in [0.05, 0.1) is 13.7 Å². The summed E-state index contributed by atoms with van der Waals surface area (Å²) < 4.78 is 44.3. The highest BCUT2D eigenvalue weighted by molar-refractivity contribution is 5.99. The van der Waals surface area contributed by atoms with Crippen LogP contribution >= 0.6 is 0 Å². The first-order valence-electron chi connectivity index (χ1n) is 8.07. The zero-order chi connectivity index (χ0) is 20.1. The highest BCUT2D eigenvalue weighted by atomic mass is 19.3. The molecule has 0 spiro atoms. The number of ether oxygens (including phenoxy) is 4. The molecule has 0 saturated carbocycles. The van der Waals surface area contributed by atoms with Crippen LogP contribution in [0.5, 0.6) is 23.0 Å². The van der Waals surface area contributed by atoms with Crippen molar-refractivity contribution in [3.05, 3.63) is 42.0 Å². The Balaban J connectivity index is 1.56. The maximum atomic E-state index is 12.3. The number of amides is 2. The van der Waals surface area contributed by atoms with Crippen molar-refractivity contribution in [1.82, 2.24) is 5.32 Å². The number of hydrogen-bond donors (Lipinski definition) is 2. The third-order valence-electron chi connectivity index (χ3n) is 3.71. The molecule has 3 rings (SSSR count). The van der Waals surface area contributed by atoms with E-state index in [4.69, 9.17) is 14.2 Å². The van der Waals surface area contributed by atoms with Crippen LogP contribution in [0.25, 0.3) is 0 Å². The van der Waals surface area contributed by atoms with E-state index in [2.05, 4.69) is 15.4 Å². The van der Waals surface area contributed by atoms with Gasteiger partial charge in [-0.15, -0.1) is 0 Å². The minimum Gasteiger partial charge on any atom is -0.493 e. The number of alkyl halides is 2. The molecule has 2 aromatic rings. The maximum Gasteiger partial charge on any atom is 0.387 e. The van der Waals surface area contributed by atoms with Crippen LogP contribution in [0.3, 0.4) is 0 Å². The number of anilines is 1. The number of carbonyl (C=O) groups is 2. The molecule has 1 aliphatic rings. The Labute approximate surface area is 158 Å². The minimum atomic E-state index is -3.02. The molecule has 148 valence electrons. The number of nitrogens with one attached hydrogen (secondary N) is 2. The molecule has 0 unspecified atom stereocenters. The lowest BCUT2D eigenvalue weighted by Gasteiger charge is -2.11. The van der Waals surface area contributed by atoms with Crippen molar-refractivity contribution in [2.45, 2.75) is 6.61 Å². The molecule has 10 heteroatoms. The average Bonchev–Trinajstić information content (AvgIpc) is 3.13. The van der Waals surface area contributed by atoms with Crippen molar-refractivity contribution in [1.29, 1.82) is 0 Å². The van der Waals surface area contributed by atoms with E-state index in [0.717, 1.165) is 0 Å². The van der Waals surface area contributed by atoms with Crippen molar-refractivity contribution < 1.29 is 37.3 Å². The van der Waals surface area contributed by atoms with Crippen LogP contribution in [-0.2, 0) is 4.79 Å². The quantitative estimate of drug-likeness (QED) is 0.749. The van der Waals surface area contributed by atoms with E-state index in [1.165, 1.54) is 25.3 Å². The summed E-state index contributed by atoms with van der Waals surface area (Å²) >= 11 is 0. The van der Waals surface area contributed by atoms with E-state index < -0.39 is 18.4 Å². The Morgan fingerprint density at radius 1 is 1.11 bits per heavy atom. The SMILES string of the molecule is COc1cc(C(=O)NCC(=O)Nc2ccc3c(c2)OCO3)ccc1OC(F)F. The van der Waals surface area contributed by atoms with E-state index in [-0.39, 0.29) is 30.4 Å². The van der Waals surface area contributed by atoms with Crippen LogP contribution in [0, 0.1) is 0 Å². The van der Waals surface area contributed by atoms with Gasteiger partial charge in [0, 0.05) is 17.3 Å². The number of carbonyl (C=O) groups excluding carboxylic acids is 2. The predicted octanol–water partition coefficient (Wildman–Crippen LogP) is 2.39. The van der Waals surface area contributed by atoms with Crippen LogP contribution in [0.15, 0.2) is 36.4 Å². The number of benzene rings is 2. The second kappa shape index (κ2) is 8.42. The van der Waals surface area contributed by atoms with Crippen LogP contribution in [0.4, 0.5) is 14.5 Å². The Kier molecular flexibility index (Phi) is 5.78. The molecule has 1 heterocycles. The zero-order valence-electron chi connectivity index (χ0n) is 14.7. The number of fused-ring (bicyclic) bond motifs is 1. The van der Waals surface area contributed by atoms with Gasteiger partial charge in [-0.1, -0.05) is 0 Å². The molecule has 1 aliphatic heterocycles. The molecule has 2 N–H and O–H groups in total. The normalized spacial score (nSPS) is 11.9. The summed E-state index contributed by atoms with van der Waals surface area (Å²) in [7, 11) is 1.26. The van der Waals surface area contributed by atoms with Crippen molar-refractivity contribution in [3.63, 3.8) is 0 Å². The number of rotatable bonds is 7. The molecule has 0 fully saturated rings. The maximum absolute atomic E-state index is 12.3. The van der Waals surface area contributed by atoms with E-state index in [1.54, 1.807) is 18.2 Å². The van der Waals surface area contributed by atoms with Crippen LogP contribution < -0.4 is 29.6 Å². The first kappa shape index (κ1) is 19.2. The fraction of sp³-hybridized carbons (Fsp3) is 0.222. The highest BCUT2D eigenvalue weighted by Crippen LogP contribution is 2.34. The van der Waals surface area contributed by atoms with Gasteiger partial charge in [-0.25, -0.2) is 0 Å². The summed E-state index contributed by atoms with van der Waals surface area (Å²) in [5, 5.41) is 5.05. The van der Waals surface area contributed by atoms with Crippen LogP contribution in [0.2, 0.25) is 0 Å². The molecule has 0 atom stereocenters. The van der Waals surface area contributed by atoms with Gasteiger partial charge in [0.15, 0.2) is 23.0 Å². The Morgan fingerprint density at radius 3 is 2.64 bits per heavy atom. The molecule has 0 aromatic heterocycles. The summed E-state index contributed by atoms with van der Waals surface area (Å²) in [6.45, 7) is -3.20. The summed E-state index contributed by atoms with van der Waals surface area (Å²) in [6, 6.07) is 8.61. The number of hydrogen-bond acceptors (Lipinski definition) is 6. The third kappa shape index (κ3) is 4.58. The van der Waals surface area contributed by atoms with Crippen LogP contribution in [-0.4, -0.2) is 38.9 Å². The third-order valence-corrected chi connectivity index (χ3v) is 3.71. The smallest absolute Gasteiger partial charge is 0.387 e. The largest absolute Gasteiger partial charge is 0.493 e. The molecule has 0 radical (unpaired) electrons. The Hall–Kier alpha value is -3.56. The fourth-order valence-corrected chi connectivity index (χ4v) is 2.44. The molecule has 28 heavy (non-hydrogen) atoms. The van der Waals surface area contributed by atoms with Crippen molar-refractivity contribution in [3.8, 4) is 23.0 Å². The second-order valence-electron chi connectivity index (χ2n) is 5.54. The van der Waals surface area contributed by atoms with Crippen molar-refractivity contribution in [2.24, 2.45) is 0 Å². The highest BCUT2D eigenvalue weighted by Gasteiger charge is 2.16. The molecule has 8 nitrogen and oxygen atoms in total. The molecular weight excluding hydrogens is 378 g/mol. The minimum absolute atomic E-state index is 0.0299. The molecule has 2 amide bonds. The van der Waals surface area contributed by atoms with Gasteiger partial charge in [-0.3, -0.25) is 9.59 Å². The molecule has 0 bridgehead atoms. The first-order chi connectivity index (χ1) is 13.5. The summed E-state index contributed by atoms with van der Waals surface area (Å²) in [6.07, 6.45) is 0. The van der Waals surface area contributed by atoms with Gasteiger partial charge >= 0.3 is 6.61 Å². The van der Waals surface area contributed by atoms with Gasteiger partial charge in [-0.2, -0.15) is 8.78 Å². The molecule has 0 aliphatic carbocycles. The average molecular weight is 394 g/mol. The standard InChI is InChI=1S/C18H16F2N2O6/c1-25-14-6-10(2-4-13(14)28-18(19)20)17(24)21-8-16(23)22-11-3-5-12-15(7-11)27-9-26-12/h2-7,18H,8-9H2,1H3,(H,21,24)(H,22,23). The summed E-state index contributed by atoms with van der Waals surface area (Å²) in [5.41, 5.74) is 0.605. The summed E-state index contributed by atoms with van der Waals surface area (Å²) in [4.78, 5) is 24.2. The number of halogens is 2. The Bertz CT molecular complexity index is 890. The predicted molar refractivity (Wildman–Crippen MR) is 93.2 cm³/mol. The lowest BCUT2D eigenvalue weighted by molar-refractivity contribution is -0.115. The van der Waals surface area contributed by atoms with Gasteiger partial charge in [0.2, 0.25) is 12.7 Å². The van der Waals surface area contributed by atoms with Gasteiger partial charge in [0.25, 0.3) is 5.91 Å². The fourth-order valence-electron chi connectivity index (χ4n) is 2.44. The molecule has 0 saturated heterocycles. The van der Waals surface area contributed by atoms with E-state index >= 15 is 0 Å². The topological polar surface area (TPSA) is 95.1 Å². The van der Waals surface area contributed by atoms with Gasteiger partial charge < -0.3 is 29.6 Å². The lowest BCUT2D eigenvalue weighted by Crippen LogP contribution is -2.32. The summed E-state index contributed by atoms with van der Waals surface area (Å²) in [5.74, 6) is -0.175. The lowest BCUT2D eigenvalue weighted by atomic mass is 10.2. The first-order valence-corrected chi connectivity index (χ1v) is 8.07. The Morgan fingerprint density at radius 2 is 1.89 bits per heavy atom. The molecule has 2 aromatic carbocycles. The van der Waals surface area contributed by atoms with Crippen molar-refractivity contribution >= 4 is 17.5 Å². The van der Waals surface area contributed by atoms with Gasteiger partial charge in [0.1, 0.15) is 0 Å². The van der Waals surface area contributed by atoms with E-state index in [1.807, 2.05) is 0 Å². The monoisotopic (exact) mass is 394 g/mol. The van der Waals surface area contributed by atoms with E-state index in [9.17, 15) is 18.4 Å². The van der Waals surface area contributed by atoms with Gasteiger partial charge in [-0.05, 0) is 30.3 Å².